The summed E-state index contributed by atoms with van der Waals surface area (Å²) in [6.07, 6.45) is 3.05. The lowest BCUT2D eigenvalue weighted by Gasteiger charge is -2.27. The Morgan fingerprint density at radius 2 is 2.28 bits per heavy atom. The molecule has 1 heterocycles. The first kappa shape index (κ1) is 14.2. The molecule has 0 radical (unpaired) electrons. The van der Waals surface area contributed by atoms with Crippen LogP contribution in [0.2, 0.25) is 0 Å². The molecule has 1 amide bonds. The molecule has 0 saturated heterocycles. The Bertz CT molecular complexity index is 403. The van der Waals surface area contributed by atoms with Crippen molar-refractivity contribution in [1.29, 1.82) is 0 Å². The Balaban J connectivity index is 2.66. The molecule has 6 nitrogen and oxygen atoms in total. The van der Waals surface area contributed by atoms with Gasteiger partial charge in [-0.1, -0.05) is 13.3 Å². The number of methoxy groups -OCH3 is 1. The van der Waals surface area contributed by atoms with Gasteiger partial charge < -0.3 is 10.1 Å². The highest BCUT2D eigenvalue weighted by molar-refractivity contribution is 5.88. The lowest BCUT2D eigenvalue weighted by molar-refractivity contribution is -0.150. The topological polar surface area (TPSA) is 84.1 Å². The SMILES string of the molecule is CCCC(C)(NC(=O)Cc1ccn[nH]1)C(=O)OC. The molecule has 0 fully saturated rings. The van der Waals surface area contributed by atoms with Gasteiger partial charge in [0.15, 0.2) is 0 Å². The maximum absolute atomic E-state index is 11.9. The van der Waals surface area contributed by atoms with Crippen molar-refractivity contribution < 1.29 is 14.3 Å². The number of H-pyrrole nitrogens is 1. The molecule has 0 aliphatic carbocycles. The third-order valence-corrected chi connectivity index (χ3v) is 2.71. The number of carbonyl (C=O) groups is 2. The first-order chi connectivity index (χ1) is 8.51. The number of rotatable bonds is 6. The van der Waals surface area contributed by atoms with E-state index < -0.39 is 11.5 Å². The van der Waals surface area contributed by atoms with Crippen molar-refractivity contribution in [3.8, 4) is 0 Å². The molecule has 100 valence electrons. The van der Waals surface area contributed by atoms with E-state index in [1.807, 2.05) is 6.92 Å². The zero-order valence-electron chi connectivity index (χ0n) is 10.9. The summed E-state index contributed by atoms with van der Waals surface area (Å²) in [5, 5.41) is 9.19. The van der Waals surface area contributed by atoms with E-state index in [1.54, 1.807) is 19.2 Å². The minimum absolute atomic E-state index is 0.163. The summed E-state index contributed by atoms with van der Waals surface area (Å²) in [7, 11) is 1.32. The normalized spacial score (nSPS) is 13.7. The molecule has 18 heavy (non-hydrogen) atoms. The van der Waals surface area contributed by atoms with Crippen molar-refractivity contribution in [2.24, 2.45) is 0 Å². The van der Waals surface area contributed by atoms with Gasteiger partial charge in [-0.15, -0.1) is 0 Å². The number of nitrogens with one attached hydrogen (secondary N) is 2. The summed E-state index contributed by atoms with van der Waals surface area (Å²) in [5.41, 5.74) is -0.267. The number of esters is 1. The second-order valence-electron chi connectivity index (χ2n) is 4.38. The summed E-state index contributed by atoms with van der Waals surface area (Å²) in [5.74, 6) is -0.664. The fourth-order valence-corrected chi connectivity index (χ4v) is 1.85. The van der Waals surface area contributed by atoms with Crippen LogP contribution in [0.1, 0.15) is 32.4 Å². The zero-order chi connectivity index (χ0) is 13.6. The molecular formula is C12H19N3O3. The standard InChI is InChI=1S/C12H19N3O3/c1-4-6-12(2,11(17)18-3)14-10(16)8-9-5-7-13-15-9/h5,7H,4,6,8H2,1-3H3,(H,13,15)(H,14,16). The first-order valence-corrected chi connectivity index (χ1v) is 5.89. The van der Waals surface area contributed by atoms with Crippen LogP contribution in [0.15, 0.2) is 12.3 Å². The van der Waals surface area contributed by atoms with E-state index in [0.29, 0.717) is 12.1 Å². The molecule has 2 N–H and O–H groups in total. The fourth-order valence-electron chi connectivity index (χ4n) is 1.85. The molecule has 0 spiro atoms. The Morgan fingerprint density at radius 1 is 1.56 bits per heavy atom. The lowest BCUT2D eigenvalue weighted by Crippen LogP contribution is -2.53. The van der Waals surface area contributed by atoms with Gasteiger partial charge in [0.1, 0.15) is 5.54 Å². The van der Waals surface area contributed by atoms with Gasteiger partial charge in [-0.3, -0.25) is 9.89 Å². The van der Waals surface area contributed by atoms with Gasteiger partial charge in [-0.05, 0) is 19.4 Å². The Hall–Kier alpha value is -1.85. The Kier molecular flexibility index (Phi) is 4.88. The molecule has 0 saturated carbocycles. The van der Waals surface area contributed by atoms with Gasteiger partial charge in [0.25, 0.3) is 0 Å². The maximum atomic E-state index is 11.9. The van der Waals surface area contributed by atoms with E-state index in [1.165, 1.54) is 7.11 Å². The highest BCUT2D eigenvalue weighted by Gasteiger charge is 2.34. The molecule has 1 aromatic rings. The van der Waals surface area contributed by atoms with Gasteiger partial charge >= 0.3 is 5.97 Å². The molecule has 0 aromatic carbocycles. The number of aromatic nitrogens is 2. The van der Waals surface area contributed by atoms with Gasteiger partial charge in [-0.25, -0.2) is 4.79 Å². The van der Waals surface area contributed by atoms with Crippen LogP contribution in [0.5, 0.6) is 0 Å². The van der Waals surface area contributed by atoms with Crippen LogP contribution in [-0.2, 0) is 20.7 Å². The third-order valence-electron chi connectivity index (χ3n) is 2.71. The Labute approximate surface area is 106 Å². The highest BCUT2D eigenvalue weighted by atomic mass is 16.5. The van der Waals surface area contributed by atoms with Crippen molar-refractivity contribution >= 4 is 11.9 Å². The number of aromatic amines is 1. The molecule has 1 aromatic heterocycles. The number of hydrogen-bond acceptors (Lipinski definition) is 4. The van der Waals surface area contributed by atoms with Crippen molar-refractivity contribution in [3.05, 3.63) is 18.0 Å². The van der Waals surface area contributed by atoms with Crippen molar-refractivity contribution in [1.82, 2.24) is 15.5 Å². The Morgan fingerprint density at radius 3 is 2.78 bits per heavy atom. The molecule has 1 atom stereocenters. The van der Waals surface area contributed by atoms with Crippen LogP contribution in [-0.4, -0.2) is 34.7 Å². The minimum Gasteiger partial charge on any atom is -0.467 e. The fraction of sp³-hybridized carbons (Fsp3) is 0.583. The molecular weight excluding hydrogens is 234 g/mol. The second kappa shape index (κ2) is 6.18. The van der Waals surface area contributed by atoms with Gasteiger partial charge in [0.05, 0.1) is 13.5 Å². The van der Waals surface area contributed by atoms with Crippen molar-refractivity contribution in [2.75, 3.05) is 7.11 Å². The summed E-state index contributed by atoms with van der Waals surface area (Å²) in [6, 6.07) is 1.72. The molecule has 0 bridgehead atoms. The van der Waals surface area contributed by atoms with Crippen LogP contribution in [0, 0.1) is 0 Å². The van der Waals surface area contributed by atoms with Gasteiger partial charge in [0.2, 0.25) is 5.91 Å². The highest BCUT2D eigenvalue weighted by Crippen LogP contribution is 2.14. The van der Waals surface area contributed by atoms with Crippen LogP contribution < -0.4 is 5.32 Å². The summed E-state index contributed by atoms with van der Waals surface area (Å²) >= 11 is 0. The average Bonchev–Trinajstić information content (AvgIpc) is 2.80. The average molecular weight is 253 g/mol. The summed E-state index contributed by atoms with van der Waals surface area (Å²) in [4.78, 5) is 23.6. The van der Waals surface area contributed by atoms with Gasteiger partial charge in [0, 0.05) is 11.9 Å². The number of hydrogen-bond donors (Lipinski definition) is 2. The van der Waals surface area contributed by atoms with Crippen LogP contribution in [0.4, 0.5) is 0 Å². The van der Waals surface area contributed by atoms with Crippen molar-refractivity contribution in [3.63, 3.8) is 0 Å². The van der Waals surface area contributed by atoms with E-state index in [-0.39, 0.29) is 12.3 Å². The minimum atomic E-state index is -0.972. The molecule has 0 aliphatic rings. The summed E-state index contributed by atoms with van der Waals surface area (Å²) in [6.45, 7) is 3.62. The smallest absolute Gasteiger partial charge is 0.331 e. The van der Waals surface area contributed by atoms with E-state index in [2.05, 4.69) is 15.5 Å². The largest absolute Gasteiger partial charge is 0.467 e. The van der Waals surface area contributed by atoms with Crippen LogP contribution in [0.3, 0.4) is 0 Å². The number of nitrogens with zero attached hydrogens (tertiary/aromatic N) is 1. The molecule has 0 aliphatic heterocycles. The van der Waals surface area contributed by atoms with E-state index in [4.69, 9.17) is 4.74 Å². The van der Waals surface area contributed by atoms with Crippen LogP contribution in [0.25, 0.3) is 0 Å². The lowest BCUT2D eigenvalue weighted by atomic mass is 9.96. The maximum Gasteiger partial charge on any atom is 0.331 e. The predicted octanol–water partition coefficient (Wildman–Crippen LogP) is 0.800. The van der Waals surface area contributed by atoms with E-state index in [9.17, 15) is 9.59 Å². The number of amides is 1. The number of ether oxygens (including phenoxy) is 1. The number of carbonyl (C=O) groups excluding carboxylic acids is 2. The quantitative estimate of drug-likeness (QED) is 0.734. The van der Waals surface area contributed by atoms with Gasteiger partial charge in [-0.2, -0.15) is 5.10 Å². The van der Waals surface area contributed by atoms with Crippen molar-refractivity contribution in [2.45, 2.75) is 38.6 Å². The zero-order valence-corrected chi connectivity index (χ0v) is 10.9. The first-order valence-electron chi connectivity index (χ1n) is 5.89. The summed E-state index contributed by atoms with van der Waals surface area (Å²) < 4.78 is 4.73. The molecule has 6 heteroatoms. The predicted molar refractivity (Wildman–Crippen MR) is 65.8 cm³/mol. The van der Waals surface area contributed by atoms with E-state index >= 15 is 0 Å². The second-order valence-corrected chi connectivity index (χ2v) is 4.38. The van der Waals surface area contributed by atoms with Crippen LogP contribution >= 0.6 is 0 Å². The third kappa shape index (κ3) is 3.58. The molecule has 1 unspecified atom stereocenters. The molecule has 1 rings (SSSR count). The van der Waals surface area contributed by atoms with E-state index in [0.717, 1.165) is 6.42 Å². The monoisotopic (exact) mass is 253 g/mol.